The van der Waals surface area contributed by atoms with Gasteiger partial charge in [0.2, 0.25) is 0 Å². The standard InChI is InChI=1S/C19H24ClNO3/c1-13-5-6-14(2)17(9-13)24-8-7-21-12-15-10-18(22-3)19(23-4)11-16(15)20/h5-6,9-11,21H,7-8,12H2,1-4H3. The molecule has 0 fully saturated rings. The highest BCUT2D eigenvalue weighted by Crippen LogP contribution is 2.32. The minimum Gasteiger partial charge on any atom is -0.493 e. The van der Waals surface area contributed by atoms with E-state index in [0.29, 0.717) is 29.7 Å². The third-order valence-electron chi connectivity index (χ3n) is 3.75. The lowest BCUT2D eigenvalue weighted by molar-refractivity contribution is 0.311. The van der Waals surface area contributed by atoms with Crippen molar-refractivity contribution in [3.8, 4) is 17.2 Å². The molecule has 0 radical (unpaired) electrons. The van der Waals surface area contributed by atoms with Gasteiger partial charge in [-0.05, 0) is 42.7 Å². The van der Waals surface area contributed by atoms with Crippen LogP contribution in [0.5, 0.6) is 17.2 Å². The molecule has 2 aromatic rings. The summed E-state index contributed by atoms with van der Waals surface area (Å²) in [5.74, 6) is 2.23. The summed E-state index contributed by atoms with van der Waals surface area (Å²) in [6.07, 6.45) is 0. The third-order valence-corrected chi connectivity index (χ3v) is 4.10. The molecule has 0 spiro atoms. The molecule has 0 aliphatic carbocycles. The zero-order valence-electron chi connectivity index (χ0n) is 14.6. The normalized spacial score (nSPS) is 10.5. The predicted octanol–water partition coefficient (Wildman–Crippen LogP) is 4.14. The van der Waals surface area contributed by atoms with Crippen LogP contribution in [0.1, 0.15) is 16.7 Å². The van der Waals surface area contributed by atoms with Crippen molar-refractivity contribution >= 4 is 11.6 Å². The molecule has 1 N–H and O–H groups in total. The van der Waals surface area contributed by atoms with Gasteiger partial charge >= 0.3 is 0 Å². The molecule has 2 aromatic carbocycles. The highest BCUT2D eigenvalue weighted by Gasteiger charge is 2.09. The SMILES string of the molecule is COc1cc(Cl)c(CNCCOc2cc(C)ccc2C)cc1OC. The first-order chi connectivity index (χ1) is 11.5. The van der Waals surface area contributed by atoms with Crippen molar-refractivity contribution in [2.45, 2.75) is 20.4 Å². The minimum absolute atomic E-state index is 0.592. The number of hydrogen-bond donors (Lipinski definition) is 1. The van der Waals surface area contributed by atoms with Crippen molar-refractivity contribution < 1.29 is 14.2 Å². The monoisotopic (exact) mass is 349 g/mol. The van der Waals surface area contributed by atoms with E-state index >= 15 is 0 Å². The molecule has 0 amide bonds. The Morgan fingerprint density at radius 1 is 0.958 bits per heavy atom. The van der Waals surface area contributed by atoms with E-state index in [1.807, 2.05) is 13.0 Å². The Morgan fingerprint density at radius 2 is 1.67 bits per heavy atom. The number of ether oxygens (including phenoxy) is 3. The van der Waals surface area contributed by atoms with E-state index in [1.165, 1.54) is 5.56 Å². The zero-order chi connectivity index (χ0) is 17.5. The van der Waals surface area contributed by atoms with Crippen LogP contribution < -0.4 is 19.5 Å². The lowest BCUT2D eigenvalue weighted by Crippen LogP contribution is -2.21. The molecule has 0 saturated heterocycles. The van der Waals surface area contributed by atoms with Gasteiger partial charge in [-0.1, -0.05) is 23.7 Å². The van der Waals surface area contributed by atoms with Crippen LogP contribution in [0, 0.1) is 13.8 Å². The summed E-state index contributed by atoms with van der Waals surface area (Å²) in [6.45, 7) is 6.05. The summed E-state index contributed by atoms with van der Waals surface area (Å²) in [4.78, 5) is 0. The molecule has 130 valence electrons. The van der Waals surface area contributed by atoms with Crippen molar-refractivity contribution in [1.29, 1.82) is 0 Å². The lowest BCUT2D eigenvalue weighted by atomic mass is 10.1. The maximum absolute atomic E-state index is 6.28. The number of nitrogens with one attached hydrogen (secondary N) is 1. The molecule has 0 atom stereocenters. The first-order valence-corrected chi connectivity index (χ1v) is 8.24. The Labute approximate surface area is 148 Å². The number of benzene rings is 2. The van der Waals surface area contributed by atoms with E-state index in [2.05, 4.69) is 30.4 Å². The molecular weight excluding hydrogens is 326 g/mol. The second-order valence-corrected chi connectivity index (χ2v) is 6.00. The van der Waals surface area contributed by atoms with Crippen LogP contribution in [-0.4, -0.2) is 27.4 Å². The molecule has 24 heavy (non-hydrogen) atoms. The molecule has 4 nitrogen and oxygen atoms in total. The van der Waals surface area contributed by atoms with Crippen molar-refractivity contribution in [2.24, 2.45) is 0 Å². The predicted molar refractivity (Wildman–Crippen MR) is 97.7 cm³/mol. The summed E-state index contributed by atoms with van der Waals surface area (Å²) in [6, 6.07) is 9.87. The van der Waals surface area contributed by atoms with Crippen LogP contribution in [-0.2, 0) is 6.54 Å². The van der Waals surface area contributed by atoms with Crippen molar-refractivity contribution in [1.82, 2.24) is 5.32 Å². The van der Waals surface area contributed by atoms with Crippen LogP contribution in [0.25, 0.3) is 0 Å². The third kappa shape index (κ3) is 4.79. The average molecular weight is 350 g/mol. The van der Waals surface area contributed by atoms with Gasteiger partial charge in [-0.3, -0.25) is 0 Å². The molecule has 0 heterocycles. The number of aryl methyl sites for hydroxylation is 2. The number of methoxy groups -OCH3 is 2. The second-order valence-electron chi connectivity index (χ2n) is 5.59. The number of halogens is 1. The first-order valence-electron chi connectivity index (χ1n) is 7.86. The first kappa shape index (κ1) is 18.4. The Hall–Kier alpha value is -1.91. The van der Waals surface area contributed by atoms with Crippen LogP contribution in [0.4, 0.5) is 0 Å². The summed E-state index contributed by atoms with van der Waals surface area (Å²) >= 11 is 6.28. The molecule has 0 bridgehead atoms. The molecule has 0 saturated carbocycles. The maximum Gasteiger partial charge on any atom is 0.162 e. The zero-order valence-corrected chi connectivity index (χ0v) is 15.4. The summed E-state index contributed by atoms with van der Waals surface area (Å²) in [5.41, 5.74) is 3.30. The van der Waals surface area contributed by atoms with Gasteiger partial charge in [0.05, 0.1) is 14.2 Å². The van der Waals surface area contributed by atoms with E-state index in [0.717, 1.165) is 23.4 Å². The van der Waals surface area contributed by atoms with E-state index < -0.39 is 0 Å². The molecule has 0 aliphatic heterocycles. The molecule has 5 heteroatoms. The highest BCUT2D eigenvalue weighted by atomic mass is 35.5. The van der Waals surface area contributed by atoms with Gasteiger partial charge in [-0.25, -0.2) is 0 Å². The van der Waals surface area contributed by atoms with Crippen LogP contribution in [0.2, 0.25) is 5.02 Å². The van der Waals surface area contributed by atoms with Gasteiger partial charge in [-0.2, -0.15) is 0 Å². The maximum atomic E-state index is 6.28. The molecular formula is C19H24ClNO3. The fourth-order valence-corrected chi connectivity index (χ4v) is 2.57. The Bertz CT molecular complexity index is 689. The topological polar surface area (TPSA) is 39.7 Å². The highest BCUT2D eigenvalue weighted by molar-refractivity contribution is 6.31. The van der Waals surface area contributed by atoms with Crippen molar-refractivity contribution in [3.63, 3.8) is 0 Å². The Morgan fingerprint density at radius 3 is 2.38 bits per heavy atom. The second kappa shape index (κ2) is 8.81. The van der Waals surface area contributed by atoms with Crippen molar-refractivity contribution in [2.75, 3.05) is 27.4 Å². The van der Waals surface area contributed by atoms with Crippen LogP contribution in [0.15, 0.2) is 30.3 Å². The van der Waals surface area contributed by atoms with Gasteiger partial charge in [0.15, 0.2) is 11.5 Å². The van der Waals surface area contributed by atoms with Gasteiger partial charge in [-0.15, -0.1) is 0 Å². The van der Waals surface area contributed by atoms with Crippen molar-refractivity contribution in [3.05, 3.63) is 52.0 Å². The van der Waals surface area contributed by atoms with Gasteiger partial charge in [0.25, 0.3) is 0 Å². The van der Waals surface area contributed by atoms with E-state index in [4.69, 9.17) is 25.8 Å². The van der Waals surface area contributed by atoms with E-state index in [9.17, 15) is 0 Å². The van der Waals surface area contributed by atoms with Gasteiger partial charge in [0, 0.05) is 24.2 Å². The number of hydrogen-bond acceptors (Lipinski definition) is 4. The minimum atomic E-state index is 0.592. The quantitative estimate of drug-likeness (QED) is 0.727. The molecule has 0 unspecified atom stereocenters. The fourth-order valence-electron chi connectivity index (χ4n) is 2.35. The summed E-state index contributed by atoms with van der Waals surface area (Å²) < 4.78 is 16.4. The van der Waals surface area contributed by atoms with E-state index in [1.54, 1.807) is 20.3 Å². The smallest absolute Gasteiger partial charge is 0.162 e. The molecule has 0 aromatic heterocycles. The van der Waals surface area contributed by atoms with Gasteiger partial charge < -0.3 is 19.5 Å². The average Bonchev–Trinajstić information content (AvgIpc) is 2.58. The van der Waals surface area contributed by atoms with E-state index in [-0.39, 0.29) is 0 Å². The largest absolute Gasteiger partial charge is 0.493 e. The summed E-state index contributed by atoms with van der Waals surface area (Å²) in [7, 11) is 3.21. The van der Waals surface area contributed by atoms with Crippen LogP contribution in [0.3, 0.4) is 0 Å². The number of rotatable bonds is 8. The Balaban J connectivity index is 1.85. The molecule has 0 aliphatic rings. The lowest BCUT2D eigenvalue weighted by Gasteiger charge is -2.13. The Kier molecular flexibility index (Phi) is 6.76. The molecule has 2 rings (SSSR count). The van der Waals surface area contributed by atoms with Gasteiger partial charge in [0.1, 0.15) is 12.4 Å². The summed E-state index contributed by atoms with van der Waals surface area (Å²) in [5, 5.41) is 3.98. The van der Waals surface area contributed by atoms with Crippen LogP contribution >= 0.6 is 11.6 Å². The fraction of sp³-hybridized carbons (Fsp3) is 0.368.